The van der Waals surface area contributed by atoms with Crippen molar-refractivity contribution in [1.29, 1.82) is 0 Å². The smallest absolute Gasteiger partial charge is 0.417 e. The zero-order valence-electron chi connectivity index (χ0n) is 11.7. The minimum absolute atomic E-state index is 0.0717. The lowest BCUT2D eigenvalue weighted by atomic mass is 10.3. The maximum Gasteiger partial charge on any atom is 0.417 e. The fourth-order valence-corrected chi connectivity index (χ4v) is 2.34. The number of ether oxygens (including phenoxy) is 1. The van der Waals surface area contributed by atoms with Crippen molar-refractivity contribution in [3.63, 3.8) is 0 Å². The molecule has 8 heteroatoms. The molecule has 2 aromatic rings. The Morgan fingerprint density at radius 2 is 1.87 bits per heavy atom. The van der Waals surface area contributed by atoms with Gasteiger partial charge in [0.15, 0.2) is 0 Å². The molecule has 0 fully saturated rings. The fraction of sp³-hybridized carbons (Fsp3) is 0.200. The van der Waals surface area contributed by atoms with E-state index < -0.39 is 17.7 Å². The van der Waals surface area contributed by atoms with Crippen molar-refractivity contribution >= 4 is 17.7 Å². The normalized spacial score (nSPS) is 11.3. The number of carboxylic acid groups (broad SMARTS) is 1. The van der Waals surface area contributed by atoms with Gasteiger partial charge in [-0.3, -0.25) is 4.79 Å². The third kappa shape index (κ3) is 5.48. The monoisotopic (exact) mass is 343 g/mol. The summed E-state index contributed by atoms with van der Waals surface area (Å²) in [6.07, 6.45) is -3.69. The molecule has 0 spiro atoms. The largest absolute Gasteiger partial charge is 0.493 e. The van der Waals surface area contributed by atoms with Crippen LogP contribution in [0, 0.1) is 0 Å². The molecule has 122 valence electrons. The van der Waals surface area contributed by atoms with Crippen molar-refractivity contribution in [2.45, 2.75) is 22.5 Å². The van der Waals surface area contributed by atoms with Crippen LogP contribution >= 0.6 is 11.8 Å². The average molecular weight is 343 g/mol. The molecule has 1 aromatic heterocycles. The Morgan fingerprint density at radius 3 is 2.39 bits per heavy atom. The number of alkyl halides is 3. The highest BCUT2D eigenvalue weighted by Crippen LogP contribution is 2.32. The first-order chi connectivity index (χ1) is 10.8. The minimum atomic E-state index is -4.40. The van der Waals surface area contributed by atoms with E-state index in [9.17, 15) is 18.0 Å². The van der Waals surface area contributed by atoms with Gasteiger partial charge in [-0.25, -0.2) is 4.98 Å². The number of carboxylic acids is 1. The van der Waals surface area contributed by atoms with Crippen LogP contribution in [0.2, 0.25) is 0 Å². The molecule has 2 rings (SSSR count). The summed E-state index contributed by atoms with van der Waals surface area (Å²) in [5.41, 5.74) is -0.788. The van der Waals surface area contributed by atoms with Gasteiger partial charge >= 0.3 is 12.1 Å². The molecule has 4 nitrogen and oxygen atoms in total. The Hall–Kier alpha value is -2.22. The van der Waals surface area contributed by atoms with Crippen molar-refractivity contribution in [2.75, 3.05) is 6.61 Å². The molecule has 23 heavy (non-hydrogen) atoms. The number of pyridine rings is 1. The zero-order chi connectivity index (χ0) is 16.9. The van der Waals surface area contributed by atoms with Gasteiger partial charge in [0.25, 0.3) is 0 Å². The maximum atomic E-state index is 12.4. The van der Waals surface area contributed by atoms with Crippen LogP contribution in [0.4, 0.5) is 13.2 Å². The summed E-state index contributed by atoms with van der Waals surface area (Å²) in [4.78, 5) is 14.9. The van der Waals surface area contributed by atoms with E-state index in [1.165, 1.54) is 17.8 Å². The number of carbonyl (C=O) groups is 1. The summed E-state index contributed by atoms with van der Waals surface area (Å²) in [5.74, 6) is -0.415. The van der Waals surface area contributed by atoms with Gasteiger partial charge in [-0.15, -0.1) is 0 Å². The highest BCUT2D eigenvalue weighted by Gasteiger charge is 2.30. The van der Waals surface area contributed by atoms with Crippen molar-refractivity contribution in [3.8, 4) is 5.75 Å². The van der Waals surface area contributed by atoms with Crippen LogP contribution in [-0.4, -0.2) is 22.7 Å². The van der Waals surface area contributed by atoms with E-state index in [0.29, 0.717) is 10.8 Å². The van der Waals surface area contributed by atoms with E-state index in [4.69, 9.17) is 9.84 Å². The summed E-state index contributed by atoms with van der Waals surface area (Å²) in [6.45, 7) is 0.0717. The van der Waals surface area contributed by atoms with Crippen LogP contribution < -0.4 is 4.74 Å². The summed E-state index contributed by atoms with van der Waals surface area (Å²) in [7, 11) is 0. The second kappa shape index (κ2) is 7.36. The Labute approximate surface area is 134 Å². The van der Waals surface area contributed by atoms with Gasteiger partial charge in [-0.05, 0) is 36.4 Å². The van der Waals surface area contributed by atoms with E-state index in [-0.39, 0.29) is 13.0 Å². The van der Waals surface area contributed by atoms with Crippen LogP contribution in [0.15, 0.2) is 52.5 Å². The van der Waals surface area contributed by atoms with Crippen molar-refractivity contribution in [3.05, 3.63) is 48.2 Å². The predicted molar refractivity (Wildman–Crippen MR) is 77.6 cm³/mol. The third-order valence-corrected chi connectivity index (χ3v) is 3.65. The van der Waals surface area contributed by atoms with E-state index in [1.54, 1.807) is 24.3 Å². The van der Waals surface area contributed by atoms with Gasteiger partial charge < -0.3 is 9.84 Å². The quantitative estimate of drug-likeness (QED) is 0.855. The number of aromatic nitrogens is 1. The molecule has 1 N–H and O–H groups in total. The van der Waals surface area contributed by atoms with Crippen LogP contribution in [0.3, 0.4) is 0 Å². The standard InChI is InChI=1S/C15H12F3NO3S/c16-15(17,18)10-1-6-13(19-9-10)23-12-4-2-11(3-5-12)22-8-7-14(20)21/h1-6,9H,7-8H2,(H,20,21). The number of rotatable bonds is 6. The number of nitrogens with zero attached hydrogens (tertiary/aromatic N) is 1. The number of halogens is 3. The predicted octanol–water partition coefficient (Wildman–Crippen LogP) is 4.11. The first-order valence-electron chi connectivity index (χ1n) is 6.50. The lowest BCUT2D eigenvalue weighted by Crippen LogP contribution is -2.05. The van der Waals surface area contributed by atoms with E-state index in [1.807, 2.05) is 0 Å². The maximum absolute atomic E-state index is 12.4. The number of hydrogen-bond donors (Lipinski definition) is 1. The summed E-state index contributed by atoms with van der Waals surface area (Å²) >= 11 is 1.22. The second-order valence-corrected chi connectivity index (χ2v) is 5.54. The first-order valence-corrected chi connectivity index (χ1v) is 7.32. The Balaban J connectivity index is 1.94. The number of hydrogen-bond acceptors (Lipinski definition) is 4. The molecule has 1 heterocycles. The van der Waals surface area contributed by atoms with Crippen molar-refractivity contribution in [2.24, 2.45) is 0 Å². The lowest BCUT2D eigenvalue weighted by Gasteiger charge is -2.07. The number of benzene rings is 1. The third-order valence-electron chi connectivity index (χ3n) is 2.69. The zero-order valence-corrected chi connectivity index (χ0v) is 12.5. The molecule has 0 aliphatic heterocycles. The highest BCUT2D eigenvalue weighted by molar-refractivity contribution is 7.99. The van der Waals surface area contributed by atoms with Gasteiger partial charge in [-0.1, -0.05) is 11.8 Å². The van der Waals surface area contributed by atoms with Gasteiger partial charge in [0.1, 0.15) is 10.8 Å². The molecular formula is C15H12F3NO3S. The van der Waals surface area contributed by atoms with E-state index in [2.05, 4.69) is 4.98 Å². The van der Waals surface area contributed by atoms with Gasteiger partial charge in [0.2, 0.25) is 0 Å². The molecule has 0 aliphatic rings. The lowest BCUT2D eigenvalue weighted by molar-refractivity contribution is -0.138. The Kier molecular flexibility index (Phi) is 5.49. The molecule has 0 saturated carbocycles. The summed E-state index contributed by atoms with van der Waals surface area (Å²) in [5, 5.41) is 8.95. The Bertz CT molecular complexity index is 657. The van der Waals surface area contributed by atoms with E-state index in [0.717, 1.165) is 17.2 Å². The SMILES string of the molecule is O=C(O)CCOc1ccc(Sc2ccc(C(F)(F)F)cn2)cc1. The van der Waals surface area contributed by atoms with Gasteiger partial charge in [-0.2, -0.15) is 13.2 Å². The topological polar surface area (TPSA) is 59.4 Å². The highest BCUT2D eigenvalue weighted by atomic mass is 32.2. The molecule has 0 atom stereocenters. The molecule has 0 unspecified atom stereocenters. The fourth-order valence-electron chi connectivity index (χ4n) is 1.59. The summed E-state index contributed by atoms with van der Waals surface area (Å²) < 4.78 is 42.6. The van der Waals surface area contributed by atoms with Crippen LogP contribution in [0.25, 0.3) is 0 Å². The Morgan fingerprint density at radius 1 is 1.17 bits per heavy atom. The van der Waals surface area contributed by atoms with Gasteiger partial charge in [0.05, 0.1) is 18.6 Å². The molecule has 1 aromatic carbocycles. The average Bonchev–Trinajstić information content (AvgIpc) is 2.48. The van der Waals surface area contributed by atoms with Crippen molar-refractivity contribution < 1.29 is 27.8 Å². The van der Waals surface area contributed by atoms with Crippen LogP contribution in [0.5, 0.6) is 5.75 Å². The molecule has 0 saturated heterocycles. The minimum Gasteiger partial charge on any atom is -0.493 e. The molecule has 0 radical (unpaired) electrons. The van der Waals surface area contributed by atoms with Crippen molar-refractivity contribution in [1.82, 2.24) is 4.98 Å². The van der Waals surface area contributed by atoms with Crippen LogP contribution in [-0.2, 0) is 11.0 Å². The van der Waals surface area contributed by atoms with E-state index >= 15 is 0 Å². The second-order valence-electron chi connectivity index (χ2n) is 4.45. The summed E-state index contributed by atoms with van der Waals surface area (Å²) in [6, 6.07) is 9.06. The first kappa shape index (κ1) is 17.1. The van der Waals surface area contributed by atoms with Gasteiger partial charge in [0, 0.05) is 11.1 Å². The molecule has 0 bridgehead atoms. The van der Waals surface area contributed by atoms with Crippen LogP contribution in [0.1, 0.15) is 12.0 Å². The number of aliphatic carboxylic acids is 1. The molecule has 0 aliphatic carbocycles. The molecule has 0 amide bonds. The molecular weight excluding hydrogens is 331 g/mol.